The van der Waals surface area contributed by atoms with Crippen molar-refractivity contribution in [3.8, 4) is 11.5 Å². The van der Waals surface area contributed by atoms with Crippen LogP contribution in [0.15, 0.2) is 36.5 Å². The predicted molar refractivity (Wildman–Crippen MR) is 71.2 cm³/mol. The number of nitrogens with one attached hydrogen (secondary N) is 1. The lowest BCUT2D eigenvalue weighted by Gasteiger charge is -2.09. The van der Waals surface area contributed by atoms with Crippen LogP contribution in [0.3, 0.4) is 0 Å². The van der Waals surface area contributed by atoms with Gasteiger partial charge in [0.05, 0.1) is 30.6 Å². The van der Waals surface area contributed by atoms with E-state index in [0.29, 0.717) is 17.3 Å². The molecule has 0 unspecified atom stereocenters. The van der Waals surface area contributed by atoms with Crippen LogP contribution in [0.1, 0.15) is 5.69 Å². The Morgan fingerprint density at radius 2 is 2.17 bits per heavy atom. The molecule has 1 aromatic carbocycles. The average Bonchev–Trinajstić information content (AvgIpc) is 2.39. The van der Waals surface area contributed by atoms with Crippen LogP contribution in [0, 0.1) is 0 Å². The molecule has 2 aromatic rings. The van der Waals surface area contributed by atoms with Crippen LogP contribution < -0.4 is 10.1 Å². The molecule has 0 fully saturated rings. The largest absolute Gasteiger partial charge is 0.506 e. The molecule has 0 bridgehead atoms. The highest BCUT2D eigenvalue weighted by Gasteiger charge is 2.02. The Morgan fingerprint density at radius 1 is 1.33 bits per heavy atom. The molecule has 1 heterocycles. The summed E-state index contributed by atoms with van der Waals surface area (Å²) in [6, 6.07) is 8.82. The maximum atomic E-state index is 9.13. The molecule has 5 heteroatoms. The van der Waals surface area contributed by atoms with Gasteiger partial charge >= 0.3 is 0 Å². The summed E-state index contributed by atoms with van der Waals surface area (Å²) in [5, 5.41) is 12.9. The first-order valence-corrected chi connectivity index (χ1v) is 5.78. The van der Waals surface area contributed by atoms with Crippen molar-refractivity contribution in [1.29, 1.82) is 0 Å². The van der Waals surface area contributed by atoms with E-state index >= 15 is 0 Å². The zero-order valence-electron chi connectivity index (χ0n) is 9.85. The van der Waals surface area contributed by atoms with Gasteiger partial charge in [-0.15, -0.1) is 0 Å². The Bertz CT molecular complexity index is 529. The fourth-order valence-corrected chi connectivity index (χ4v) is 1.68. The Morgan fingerprint density at radius 3 is 2.83 bits per heavy atom. The molecule has 0 amide bonds. The van der Waals surface area contributed by atoms with Crippen LogP contribution in [-0.4, -0.2) is 17.2 Å². The Labute approximate surface area is 110 Å². The summed E-state index contributed by atoms with van der Waals surface area (Å²) in [5.41, 5.74) is 1.73. The van der Waals surface area contributed by atoms with Gasteiger partial charge in [-0.05, 0) is 24.3 Å². The minimum Gasteiger partial charge on any atom is -0.506 e. The van der Waals surface area contributed by atoms with Gasteiger partial charge in [-0.2, -0.15) is 0 Å². The number of aromatic hydroxyl groups is 1. The molecule has 0 saturated carbocycles. The van der Waals surface area contributed by atoms with Gasteiger partial charge in [-0.1, -0.05) is 11.6 Å². The number of rotatable bonds is 4. The molecule has 18 heavy (non-hydrogen) atoms. The second kappa shape index (κ2) is 5.60. The highest BCUT2D eigenvalue weighted by molar-refractivity contribution is 6.32. The molecule has 0 spiro atoms. The van der Waals surface area contributed by atoms with Crippen LogP contribution in [0.4, 0.5) is 5.69 Å². The number of benzene rings is 1. The van der Waals surface area contributed by atoms with Crippen molar-refractivity contribution in [3.63, 3.8) is 0 Å². The van der Waals surface area contributed by atoms with E-state index in [1.54, 1.807) is 25.3 Å². The van der Waals surface area contributed by atoms with Gasteiger partial charge in [-0.25, -0.2) is 0 Å². The van der Waals surface area contributed by atoms with Gasteiger partial charge in [0.25, 0.3) is 0 Å². The fourth-order valence-electron chi connectivity index (χ4n) is 1.48. The van der Waals surface area contributed by atoms with E-state index in [9.17, 15) is 0 Å². The molecule has 0 atom stereocenters. The third kappa shape index (κ3) is 3.05. The number of halogens is 1. The van der Waals surface area contributed by atoms with Gasteiger partial charge in [0.2, 0.25) is 0 Å². The second-order valence-corrected chi connectivity index (χ2v) is 4.12. The number of ether oxygens (including phenoxy) is 1. The molecule has 0 aliphatic rings. The molecule has 0 radical (unpaired) electrons. The first kappa shape index (κ1) is 12.5. The van der Waals surface area contributed by atoms with E-state index in [0.717, 1.165) is 11.4 Å². The normalized spacial score (nSPS) is 10.1. The third-order valence-electron chi connectivity index (χ3n) is 2.43. The second-order valence-electron chi connectivity index (χ2n) is 3.71. The molecule has 1 aromatic heterocycles. The lowest BCUT2D eigenvalue weighted by atomic mass is 10.3. The number of pyridine rings is 1. The Kier molecular flexibility index (Phi) is 3.89. The number of nitrogens with zero attached hydrogens (tertiary/aromatic N) is 1. The van der Waals surface area contributed by atoms with E-state index in [1.165, 1.54) is 6.20 Å². The third-order valence-corrected chi connectivity index (χ3v) is 2.75. The van der Waals surface area contributed by atoms with Crippen molar-refractivity contribution in [2.24, 2.45) is 0 Å². The first-order chi connectivity index (χ1) is 8.69. The molecule has 94 valence electrons. The van der Waals surface area contributed by atoms with Gasteiger partial charge < -0.3 is 15.2 Å². The summed E-state index contributed by atoms with van der Waals surface area (Å²) in [6.07, 6.45) is 1.42. The summed E-state index contributed by atoms with van der Waals surface area (Å²) >= 11 is 5.94. The molecule has 0 aliphatic heterocycles. The smallest absolute Gasteiger partial charge is 0.139 e. The Balaban J connectivity index is 2.04. The monoisotopic (exact) mass is 264 g/mol. The molecule has 4 nitrogen and oxygen atoms in total. The zero-order valence-corrected chi connectivity index (χ0v) is 10.6. The molecule has 2 N–H and O–H groups in total. The predicted octanol–water partition coefficient (Wildman–Crippen LogP) is 3.06. The standard InChI is InChI=1S/C13H13ClN2O2/c1-18-13-6-9(3-5-12(13)14)15-7-10-2-4-11(17)8-16-10/h2-6,8,15,17H,7H2,1H3. The van der Waals surface area contributed by atoms with E-state index in [4.69, 9.17) is 21.4 Å². The van der Waals surface area contributed by atoms with Crippen LogP contribution >= 0.6 is 11.6 Å². The molecule has 0 aliphatic carbocycles. The van der Waals surface area contributed by atoms with E-state index in [2.05, 4.69) is 10.3 Å². The number of hydrogen-bond donors (Lipinski definition) is 2. The van der Waals surface area contributed by atoms with Crippen molar-refractivity contribution in [2.45, 2.75) is 6.54 Å². The fraction of sp³-hybridized carbons (Fsp3) is 0.154. The molecular formula is C13H13ClN2O2. The van der Waals surface area contributed by atoms with Crippen molar-refractivity contribution in [1.82, 2.24) is 4.98 Å². The SMILES string of the molecule is COc1cc(NCc2ccc(O)cn2)ccc1Cl. The summed E-state index contributed by atoms with van der Waals surface area (Å²) in [7, 11) is 1.58. The average molecular weight is 265 g/mol. The van der Waals surface area contributed by atoms with E-state index in [1.807, 2.05) is 12.1 Å². The highest BCUT2D eigenvalue weighted by Crippen LogP contribution is 2.27. The van der Waals surface area contributed by atoms with E-state index < -0.39 is 0 Å². The van der Waals surface area contributed by atoms with Crippen molar-refractivity contribution in [2.75, 3.05) is 12.4 Å². The van der Waals surface area contributed by atoms with Crippen LogP contribution in [0.2, 0.25) is 5.02 Å². The van der Waals surface area contributed by atoms with Crippen molar-refractivity contribution >= 4 is 17.3 Å². The Hall–Kier alpha value is -1.94. The lowest BCUT2D eigenvalue weighted by molar-refractivity contribution is 0.415. The van der Waals surface area contributed by atoms with Gasteiger partial charge in [0.15, 0.2) is 0 Å². The van der Waals surface area contributed by atoms with E-state index in [-0.39, 0.29) is 5.75 Å². The summed E-state index contributed by atoms with van der Waals surface area (Å²) < 4.78 is 5.13. The molecular weight excluding hydrogens is 252 g/mol. The van der Waals surface area contributed by atoms with Crippen LogP contribution in [0.25, 0.3) is 0 Å². The zero-order chi connectivity index (χ0) is 13.0. The topological polar surface area (TPSA) is 54.4 Å². The van der Waals surface area contributed by atoms with Gasteiger partial charge in [0, 0.05) is 11.8 Å². The molecule has 2 rings (SSSR count). The molecule has 0 saturated heterocycles. The summed E-state index contributed by atoms with van der Waals surface area (Å²) in [6.45, 7) is 0.561. The van der Waals surface area contributed by atoms with Gasteiger partial charge in [-0.3, -0.25) is 4.98 Å². The number of methoxy groups -OCH3 is 1. The summed E-state index contributed by atoms with van der Waals surface area (Å²) in [5.74, 6) is 0.784. The first-order valence-electron chi connectivity index (χ1n) is 5.40. The van der Waals surface area contributed by atoms with Crippen molar-refractivity contribution < 1.29 is 9.84 Å². The maximum Gasteiger partial charge on any atom is 0.139 e. The quantitative estimate of drug-likeness (QED) is 0.891. The highest BCUT2D eigenvalue weighted by atomic mass is 35.5. The van der Waals surface area contributed by atoms with Crippen LogP contribution in [0.5, 0.6) is 11.5 Å². The summed E-state index contributed by atoms with van der Waals surface area (Å²) in [4.78, 5) is 4.08. The van der Waals surface area contributed by atoms with Gasteiger partial charge in [0.1, 0.15) is 11.5 Å². The lowest BCUT2D eigenvalue weighted by Crippen LogP contribution is -2.01. The minimum atomic E-state index is 0.159. The number of hydrogen-bond acceptors (Lipinski definition) is 4. The van der Waals surface area contributed by atoms with Crippen LogP contribution in [-0.2, 0) is 6.54 Å². The van der Waals surface area contributed by atoms with Crippen molar-refractivity contribution in [3.05, 3.63) is 47.2 Å². The minimum absolute atomic E-state index is 0.159. The number of aromatic nitrogens is 1. The maximum absolute atomic E-state index is 9.13. The number of anilines is 1.